The van der Waals surface area contributed by atoms with Crippen molar-refractivity contribution in [2.75, 3.05) is 31.6 Å². The number of pyridine rings is 1. The van der Waals surface area contributed by atoms with Gasteiger partial charge >= 0.3 is 0 Å². The Morgan fingerprint density at radius 1 is 1.23 bits per heavy atom. The number of hydrogen-bond acceptors (Lipinski definition) is 10. The summed E-state index contributed by atoms with van der Waals surface area (Å²) < 4.78 is 17.5. The molecule has 4 rings (SSSR count). The molecule has 12 heteroatoms. The summed E-state index contributed by atoms with van der Waals surface area (Å²) in [6.07, 6.45) is 4.32. The molecule has 1 aliphatic heterocycles. The van der Waals surface area contributed by atoms with Gasteiger partial charge in [-0.15, -0.1) is 0 Å². The molecular weight excluding hydrogens is 508 g/mol. The lowest BCUT2D eigenvalue weighted by molar-refractivity contribution is -0.385. The number of para-hydroxylation sites is 1. The molecule has 3 aromatic rings. The fourth-order valence-electron chi connectivity index (χ4n) is 4.50. The maximum Gasteiger partial charge on any atom is 0.287 e. The average molecular weight is 539 g/mol. The molecule has 0 aliphatic carbocycles. The van der Waals surface area contributed by atoms with E-state index < -0.39 is 23.0 Å². The molecule has 39 heavy (non-hydrogen) atoms. The Bertz CT molecular complexity index is 1390. The number of nitrogens with zero attached hydrogens (tertiary/aromatic N) is 2. The summed E-state index contributed by atoms with van der Waals surface area (Å²) in [5, 5.41) is 26.4. The van der Waals surface area contributed by atoms with Crippen LogP contribution in [-0.4, -0.2) is 53.5 Å². The number of rotatable bonds is 12. The number of nitro groups is 1. The smallest absolute Gasteiger partial charge is 0.287 e. The molecule has 3 atom stereocenters. The highest BCUT2D eigenvalue weighted by molar-refractivity contribution is 5.91. The van der Waals surface area contributed by atoms with Crippen LogP contribution in [0.25, 0.3) is 11.0 Å². The number of aromatic nitrogens is 1. The van der Waals surface area contributed by atoms with Crippen molar-refractivity contribution in [3.8, 4) is 0 Å². The second-order valence-electron chi connectivity index (χ2n) is 8.89. The van der Waals surface area contributed by atoms with Crippen LogP contribution in [0, 0.1) is 16.0 Å². The van der Waals surface area contributed by atoms with E-state index in [1.165, 1.54) is 18.4 Å². The number of nitrogens with one attached hydrogen (secondary N) is 2. The van der Waals surface area contributed by atoms with Gasteiger partial charge in [-0.2, -0.15) is 0 Å². The average Bonchev–Trinajstić information content (AvgIpc) is 2.95. The van der Waals surface area contributed by atoms with Crippen LogP contribution in [0.15, 0.2) is 69.9 Å². The summed E-state index contributed by atoms with van der Waals surface area (Å²) in [5.74, 6) is -0.943. The molecule has 0 fully saturated rings. The Morgan fingerprint density at radius 3 is 2.77 bits per heavy atom. The molecule has 3 heterocycles. The molecule has 3 N–H and O–H groups in total. The molecule has 1 aliphatic rings. The number of aliphatic hydroxyl groups excluding tert-OH is 1. The summed E-state index contributed by atoms with van der Waals surface area (Å²) >= 11 is 0. The number of benzene rings is 1. The Hall–Kier alpha value is -4.29. The standard InChI is InChI=1S/C27H30N4O8/c1-2-37-27-18(7-5-13-32)20(21-16-38-22-8-4-3-6-19(22)25(21)33)14-23(39-27)26(34)29-12-11-28-24-10-9-17(15-30-24)31(35)36/h3-4,6,8-10,14-16,18,20,27,32H,2,5,7,11-13H2,1H3,(H,28,30)(H,29,34)/t18-,20-,27+/m0/s1. The van der Waals surface area contributed by atoms with E-state index in [1.54, 1.807) is 30.3 Å². The van der Waals surface area contributed by atoms with Gasteiger partial charge in [-0.3, -0.25) is 19.7 Å². The molecule has 0 saturated carbocycles. The lowest BCUT2D eigenvalue weighted by Gasteiger charge is -2.36. The van der Waals surface area contributed by atoms with Gasteiger partial charge in [0, 0.05) is 49.8 Å². The fourth-order valence-corrected chi connectivity index (χ4v) is 4.50. The third-order valence-corrected chi connectivity index (χ3v) is 6.38. The minimum atomic E-state index is -0.814. The van der Waals surface area contributed by atoms with Gasteiger partial charge in [-0.1, -0.05) is 12.1 Å². The van der Waals surface area contributed by atoms with Crippen LogP contribution < -0.4 is 16.1 Å². The molecule has 0 spiro atoms. The first kappa shape index (κ1) is 27.7. The number of carbonyl (C=O) groups is 1. The topological polar surface area (TPSA) is 166 Å². The van der Waals surface area contributed by atoms with Crippen molar-refractivity contribution in [2.45, 2.75) is 32.0 Å². The van der Waals surface area contributed by atoms with Crippen LogP contribution >= 0.6 is 0 Å². The molecule has 0 bridgehead atoms. The van der Waals surface area contributed by atoms with Crippen molar-refractivity contribution in [1.82, 2.24) is 10.3 Å². The number of anilines is 1. The van der Waals surface area contributed by atoms with Crippen LogP contribution in [0.1, 0.15) is 31.2 Å². The largest absolute Gasteiger partial charge is 0.464 e. The SMILES string of the molecule is CCO[C@@H]1OC(C(=O)NCCNc2ccc([N+](=O)[O-])cn2)=C[C@H](c2coc3ccccc3c2=O)[C@@H]1CCCO. The van der Waals surface area contributed by atoms with Gasteiger partial charge in [0.05, 0.1) is 16.6 Å². The van der Waals surface area contributed by atoms with Gasteiger partial charge in [0.25, 0.3) is 11.6 Å². The van der Waals surface area contributed by atoms with E-state index in [1.807, 2.05) is 6.92 Å². The third kappa shape index (κ3) is 6.59. The summed E-state index contributed by atoms with van der Waals surface area (Å²) in [6, 6.07) is 9.76. The van der Waals surface area contributed by atoms with Gasteiger partial charge in [0.15, 0.2) is 11.2 Å². The van der Waals surface area contributed by atoms with E-state index in [4.69, 9.17) is 13.9 Å². The van der Waals surface area contributed by atoms with Crippen molar-refractivity contribution < 1.29 is 28.7 Å². The fraction of sp³-hybridized carbons (Fsp3) is 0.370. The predicted molar refractivity (Wildman–Crippen MR) is 142 cm³/mol. The Balaban J connectivity index is 1.53. The van der Waals surface area contributed by atoms with Crippen molar-refractivity contribution in [3.63, 3.8) is 0 Å². The maximum absolute atomic E-state index is 13.4. The molecule has 0 radical (unpaired) electrons. The second kappa shape index (κ2) is 13.0. The first-order valence-electron chi connectivity index (χ1n) is 12.7. The lowest BCUT2D eigenvalue weighted by Crippen LogP contribution is -2.40. The van der Waals surface area contributed by atoms with Crippen LogP contribution in [0.4, 0.5) is 11.5 Å². The predicted octanol–water partition coefficient (Wildman–Crippen LogP) is 3.07. The number of amides is 1. The molecule has 1 amide bonds. The quantitative estimate of drug-likeness (QED) is 0.177. The number of aliphatic hydroxyl groups is 1. The van der Waals surface area contributed by atoms with Gasteiger partial charge in [-0.25, -0.2) is 4.98 Å². The van der Waals surface area contributed by atoms with Gasteiger partial charge in [0.2, 0.25) is 6.29 Å². The zero-order valence-electron chi connectivity index (χ0n) is 21.4. The molecule has 1 aromatic carbocycles. The number of carbonyl (C=O) groups excluding carboxylic acids is 1. The van der Waals surface area contributed by atoms with Crippen molar-refractivity contribution in [2.24, 2.45) is 5.92 Å². The summed E-state index contributed by atoms with van der Waals surface area (Å²) in [7, 11) is 0. The molecule has 0 unspecified atom stereocenters. The van der Waals surface area contributed by atoms with E-state index >= 15 is 0 Å². The van der Waals surface area contributed by atoms with E-state index in [0.29, 0.717) is 48.3 Å². The molecule has 0 saturated heterocycles. The van der Waals surface area contributed by atoms with Crippen molar-refractivity contribution in [1.29, 1.82) is 0 Å². The molecule has 206 valence electrons. The third-order valence-electron chi connectivity index (χ3n) is 6.38. The van der Waals surface area contributed by atoms with Gasteiger partial charge in [0.1, 0.15) is 17.6 Å². The first-order chi connectivity index (χ1) is 18.9. The zero-order chi connectivity index (χ0) is 27.8. The number of allylic oxidation sites excluding steroid dienone is 1. The highest BCUT2D eigenvalue weighted by Gasteiger charge is 2.39. The van der Waals surface area contributed by atoms with E-state index in [-0.39, 0.29) is 35.9 Å². The molecule has 2 aromatic heterocycles. The minimum absolute atomic E-state index is 0.0136. The Kier molecular flexibility index (Phi) is 9.23. The monoisotopic (exact) mass is 538 g/mol. The van der Waals surface area contributed by atoms with Gasteiger partial charge < -0.3 is 29.6 Å². The molecular formula is C27H30N4O8. The lowest BCUT2D eigenvalue weighted by atomic mass is 9.81. The van der Waals surface area contributed by atoms with Crippen LogP contribution in [-0.2, 0) is 14.3 Å². The van der Waals surface area contributed by atoms with E-state index in [0.717, 1.165) is 6.20 Å². The van der Waals surface area contributed by atoms with Crippen molar-refractivity contribution >= 4 is 28.4 Å². The Morgan fingerprint density at radius 2 is 2.05 bits per heavy atom. The summed E-state index contributed by atoms with van der Waals surface area (Å²) in [6.45, 7) is 2.59. The van der Waals surface area contributed by atoms with Crippen LogP contribution in [0.5, 0.6) is 0 Å². The number of hydrogen-bond donors (Lipinski definition) is 3. The highest BCUT2D eigenvalue weighted by Crippen LogP contribution is 2.38. The minimum Gasteiger partial charge on any atom is -0.464 e. The van der Waals surface area contributed by atoms with Crippen molar-refractivity contribution in [3.05, 3.63) is 86.6 Å². The van der Waals surface area contributed by atoms with E-state index in [9.17, 15) is 24.8 Å². The first-order valence-corrected chi connectivity index (χ1v) is 12.7. The number of ether oxygens (including phenoxy) is 2. The highest BCUT2D eigenvalue weighted by atomic mass is 16.7. The zero-order valence-corrected chi connectivity index (χ0v) is 21.4. The maximum atomic E-state index is 13.4. The van der Waals surface area contributed by atoms with Crippen LogP contribution in [0.3, 0.4) is 0 Å². The summed E-state index contributed by atoms with van der Waals surface area (Å²) in [4.78, 5) is 40.7. The molecule has 12 nitrogen and oxygen atoms in total. The van der Waals surface area contributed by atoms with E-state index in [2.05, 4.69) is 15.6 Å². The van der Waals surface area contributed by atoms with Gasteiger partial charge in [-0.05, 0) is 44.0 Å². The second-order valence-corrected chi connectivity index (χ2v) is 8.89. The normalized spacial score (nSPS) is 18.7. The summed E-state index contributed by atoms with van der Waals surface area (Å²) in [5.41, 5.74) is 0.513. The Labute approximate surface area is 223 Å². The number of fused-ring (bicyclic) bond motifs is 1. The van der Waals surface area contributed by atoms with Crippen LogP contribution in [0.2, 0.25) is 0 Å².